The molecule has 0 unspecified atom stereocenters. The molecule has 5 heteroatoms. The lowest BCUT2D eigenvalue weighted by molar-refractivity contribution is 0.0207. The lowest BCUT2D eigenvalue weighted by Crippen LogP contribution is -2.43. The zero-order valence-electron chi connectivity index (χ0n) is 24.5. The summed E-state index contributed by atoms with van der Waals surface area (Å²) in [7, 11) is -1.93. The van der Waals surface area contributed by atoms with Crippen molar-refractivity contribution in [3.8, 4) is 0 Å². The molecule has 4 aromatic rings. The molecule has 0 saturated heterocycles. The highest BCUT2D eigenvalue weighted by atomic mass is 32.2. The summed E-state index contributed by atoms with van der Waals surface area (Å²) in [5, 5.41) is 0.145. The molecule has 0 fully saturated rings. The van der Waals surface area contributed by atoms with Crippen LogP contribution in [0.4, 0.5) is 0 Å². The first-order chi connectivity index (χ1) is 18.7. The number of rotatable bonds is 12. The second-order valence-electron chi connectivity index (χ2n) is 11.6. The third-order valence-electron chi connectivity index (χ3n) is 7.79. The maximum Gasteiger partial charge on any atom is 0.192 e. The normalized spacial score (nSPS) is 12.9. The summed E-state index contributed by atoms with van der Waals surface area (Å²) in [5.74, 6) is 0.792. The van der Waals surface area contributed by atoms with Crippen molar-refractivity contribution in [3.05, 3.63) is 144 Å². The van der Waals surface area contributed by atoms with Crippen LogP contribution in [-0.4, -0.2) is 26.8 Å². The van der Waals surface area contributed by atoms with E-state index in [0.717, 1.165) is 5.75 Å². The van der Waals surface area contributed by atoms with Crippen LogP contribution in [0.15, 0.2) is 121 Å². The Balaban J connectivity index is 0.00000441. The Morgan fingerprint density at radius 3 is 1.45 bits per heavy atom. The summed E-state index contributed by atoms with van der Waals surface area (Å²) in [4.78, 5) is 0. The van der Waals surface area contributed by atoms with Gasteiger partial charge in [0, 0.05) is 5.75 Å². The molecule has 2 nitrogen and oxygen atoms in total. The summed E-state index contributed by atoms with van der Waals surface area (Å²) in [6.07, 6.45) is -0.0557. The van der Waals surface area contributed by atoms with Crippen molar-refractivity contribution in [2.24, 2.45) is 0 Å². The van der Waals surface area contributed by atoms with Gasteiger partial charge in [-0.2, -0.15) is 13.5 Å². The first-order valence-electron chi connectivity index (χ1n) is 13.8. The summed E-state index contributed by atoms with van der Waals surface area (Å²) in [6.45, 7) is 12.7. The maximum atomic E-state index is 6.73. The van der Waals surface area contributed by atoms with E-state index in [4.69, 9.17) is 9.16 Å². The Kier molecular flexibility index (Phi) is 11.7. The Morgan fingerprint density at radius 2 is 1.05 bits per heavy atom. The van der Waals surface area contributed by atoms with Gasteiger partial charge in [0.2, 0.25) is 0 Å². The second kappa shape index (κ2) is 14.6. The van der Waals surface area contributed by atoms with E-state index in [9.17, 15) is 0 Å². The van der Waals surface area contributed by atoms with Crippen LogP contribution in [0.3, 0.4) is 0 Å². The van der Waals surface area contributed by atoms with E-state index in [1.54, 1.807) is 0 Å². The summed E-state index contributed by atoms with van der Waals surface area (Å²) >= 11 is 1.94. The Hall–Kier alpha value is -2.28. The van der Waals surface area contributed by atoms with Gasteiger partial charge in [-0.05, 0) is 40.4 Å². The largest absolute Gasteiger partial charge is 0.414 e. The van der Waals surface area contributed by atoms with Crippen LogP contribution in [0.5, 0.6) is 0 Å². The van der Waals surface area contributed by atoms with Gasteiger partial charge in [-0.3, -0.25) is 0 Å². The molecule has 1 atom stereocenters. The number of benzene rings is 4. The quantitative estimate of drug-likeness (QED) is 0.121. The SMILES string of the molecule is CC(C)(C)[Si](C)(C)OC[C@@H](CSC(c1ccccc1)(c1ccccc1)c1ccccc1)OCc1ccccc1.S. The van der Waals surface area contributed by atoms with Gasteiger partial charge >= 0.3 is 0 Å². The highest BCUT2D eigenvalue weighted by molar-refractivity contribution is 8.00. The molecule has 0 saturated carbocycles. The van der Waals surface area contributed by atoms with Crippen LogP contribution >= 0.6 is 25.3 Å². The summed E-state index contributed by atoms with van der Waals surface area (Å²) in [6, 6.07) is 43.0. The predicted molar refractivity (Wildman–Crippen MR) is 180 cm³/mol. The highest BCUT2D eigenvalue weighted by Gasteiger charge is 2.40. The van der Waals surface area contributed by atoms with Gasteiger partial charge < -0.3 is 9.16 Å². The lowest BCUT2D eigenvalue weighted by atomic mass is 9.84. The van der Waals surface area contributed by atoms with Gasteiger partial charge in [0.25, 0.3) is 0 Å². The fourth-order valence-electron chi connectivity index (χ4n) is 4.44. The highest BCUT2D eigenvalue weighted by Crippen LogP contribution is 2.49. The van der Waals surface area contributed by atoms with Crippen molar-refractivity contribution in [2.45, 2.75) is 56.4 Å². The van der Waals surface area contributed by atoms with Gasteiger partial charge in [0.15, 0.2) is 8.32 Å². The van der Waals surface area contributed by atoms with Crippen molar-refractivity contribution in [3.63, 3.8) is 0 Å². The van der Waals surface area contributed by atoms with Gasteiger partial charge in [0.1, 0.15) is 0 Å². The molecular formula is C35H44O2S2Si. The summed E-state index contributed by atoms with van der Waals surface area (Å²) in [5.41, 5.74) is 4.97. The van der Waals surface area contributed by atoms with Crippen LogP contribution in [0.2, 0.25) is 18.1 Å². The number of hydrogen-bond acceptors (Lipinski definition) is 3. The number of hydrogen-bond donors (Lipinski definition) is 0. The van der Waals surface area contributed by atoms with E-state index < -0.39 is 8.32 Å². The van der Waals surface area contributed by atoms with E-state index in [-0.39, 0.29) is 29.4 Å². The minimum absolute atomic E-state index is 0. The molecule has 212 valence electrons. The second-order valence-corrected chi connectivity index (χ2v) is 17.6. The minimum atomic E-state index is -1.93. The molecule has 0 amide bonds. The predicted octanol–water partition coefficient (Wildman–Crippen LogP) is 9.43. The molecule has 0 aliphatic carbocycles. The van der Waals surface area contributed by atoms with Crippen LogP contribution in [-0.2, 0) is 20.5 Å². The van der Waals surface area contributed by atoms with E-state index >= 15 is 0 Å². The van der Waals surface area contributed by atoms with Crippen LogP contribution in [0.1, 0.15) is 43.0 Å². The standard InChI is InChI=1S/C35H42O2SSi.H2S/c1-34(2,3)39(4,5)37-27-33(36-26-29-18-10-6-11-19-29)28-38-35(30-20-12-7-13-21-30,31-22-14-8-15-23-31)32-24-16-9-17-25-32;/h6-25,33H,26-28H2,1-5H3;1H2/t33-;/m0./s1. The molecule has 40 heavy (non-hydrogen) atoms. The minimum Gasteiger partial charge on any atom is -0.414 e. The van der Waals surface area contributed by atoms with Crippen molar-refractivity contribution in [2.75, 3.05) is 12.4 Å². The zero-order valence-corrected chi connectivity index (χ0v) is 27.3. The van der Waals surface area contributed by atoms with Gasteiger partial charge in [-0.25, -0.2) is 0 Å². The Labute approximate surface area is 254 Å². The monoisotopic (exact) mass is 588 g/mol. The molecule has 0 heterocycles. The molecule has 0 bridgehead atoms. The van der Waals surface area contributed by atoms with Crippen molar-refractivity contribution in [1.29, 1.82) is 0 Å². The summed E-state index contributed by atoms with van der Waals surface area (Å²) < 4.78 is 13.0. The molecule has 0 N–H and O–H groups in total. The van der Waals surface area contributed by atoms with Crippen LogP contribution in [0, 0.1) is 0 Å². The van der Waals surface area contributed by atoms with Gasteiger partial charge in [-0.15, -0.1) is 11.8 Å². The first kappa shape index (κ1) is 32.2. The van der Waals surface area contributed by atoms with Gasteiger partial charge in [0.05, 0.1) is 24.1 Å². The molecule has 4 aromatic carbocycles. The molecular weight excluding hydrogens is 545 g/mol. The molecule has 0 spiro atoms. The topological polar surface area (TPSA) is 18.5 Å². The average molecular weight is 589 g/mol. The molecule has 0 radical (unpaired) electrons. The molecule has 0 aliphatic heterocycles. The van der Waals surface area contributed by atoms with E-state index in [1.165, 1.54) is 22.3 Å². The number of thioether (sulfide) groups is 1. The average Bonchev–Trinajstić information content (AvgIpc) is 2.96. The van der Waals surface area contributed by atoms with Crippen LogP contribution in [0.25, 0.3) is 0 Å². The Bertz CT molecular complexity index is 1160. The smallest absolute Gasteiger partial charge is 0.192 e. The third-order valence-corrected chi connectivity index (χ3v) is 14.0. The van der Waals surface area contributed by atoms with Crippen molar-refractivity contribution in [1.82, 2.24) is 0 Å². The van der Waals surface area contributed by atoms with Crippen LogP contribution < -0.4 is 0 Å². The van der Waals surface area contributed by atoms with E-state index in [0.29, 0.717) is 13.2 Å². The zero-order chi connectivity index (χ0) is 27.8. The maximum absolute atomic E-state index is 6.73. The lowest BCUT2D eigenvalue weighted by Gasteiger charge is -2.39. The fraction of sp³-hybridized carbons (Fsp3) is 0.314. The van der Waals surface area contributed by atoms with E-state index in [2.05, 4.69) is 149 Å². The van der Waals surface area contributed by atoms with Gasteiger partial charge in [-0.1, -0.05) is 142 Å². The van der Waals surface area contributed by atoms with Crippen molar-refractivity contribution < 1.29 is 9.16 Å². The third kappa shape index (κ3) is 7.92. The number of ether oxygens (including phenoxy) is 1. The molecule has 0 aromatic heterocycles. The first-order valence-corrected chi connectivity index (χ1v) is 17.7. The van der Waals surface area contributed by atoms with E-state index in [1.807, 2.05) is 17.8 Å². The molecule has 4 rings (SSSR count). The molecule has 0 aliphatic rings. The Morgan fingerprint density at radius 1 is 0.650 bits per heavy atom. The fourth-order valence-corrected chi connectivity index (χ4v) is 7.01. The van der Waals surface area contributed by atoms with Crippen molar-refractivity contribution >= 4 is 33.6 Å².